The zero-order valence-electron chi connectivity index (χ0n) is 9.82. The molecule has 0 saturated carbocycles. The SMILES string of the molecule is COCCOCCN1CCC(C)C(O)C1. The second kappa shape index (κ2) is 7.17. The lowest BCUT2D eigenvalue weighted by Gasteiger charge is -2.34. The number of rotatable bonds is 6. The zero-order valence-corrected chi connectivity index (χ0v) is 9.82. The molecule has 4 heteroatoms. The van der Waals surface area contributed by atoms with Gasteiger partial charge in [0.1, 0.15) is 0 Å². The van der Waals surface area contributed by atoms with Gasteiger partial charge in [-0.15, -0.1) is 0 Å². The predicted octanol–water partition coefficient (Wildman–Crippen LogP) is 0.352. The molecule has 1 rings (SSSR count). The Balaban J connectivity index is 2.02. The minimum Gasteiger partial charge on any atom is -0.392 e. The van der Waals surface area contributed by atoms with Crippen molar-refractivity contribution in [2.75, 3.05) is 46.6 Å². The number of β-amino-alcohol motifs (C(OH)–C–C–N with tert-alkyl or cyclic N) is 1. The third-order valence-electron chi connectivity index (χ3n) is 2.99. The number of piperidine rings is 1. The van der Waals surface area contributed by atoms with Crippen LogP contribution in [-0.4, -0.2) is 62.7 Å². The highest BCUT2D eigenvalue weighted by Gasteiger charge is 2.23. The summed E-state index contributed by atoms with van der Waals surface area (Å²) in [5.41, 5.74) is 0. The van der Waals surface area contributed by atoms with Crippen LogP contribution in [0, 0.1) is 5.92 Å². The average Bonchev–Trinajstić information content (AvgIpc) is 2.23. The maximum absolute atomic E-state index is 9.69. The lowest BCUT2D eigenvalue weighted by atomic mass is 9.96. The standard InChI is InChI=1S/C11H23NO3/c1-10-3-4-12(9-11(10)13)5-6-15-8-7-14-2/h10-11,13H,3-9H2,1-2H3. The molecular formula is C11H23NO3. The molecule has 90 valence electrons. The van der Waals surface area contributed by atoms with E-state index < -0.39 is 0 Å². The van der Waals surface area contributed by atoms with E-state index in [1.807, 2.05) is 0 Å². The van der Waals surface area contributed by atoms with Crippen molar-refractivity contribution in [1.82, 2.24) is 4.90 Å². The Bertz CT molecular complexity index is 166. The first-order valence-electron chi connectivity index (χ1n) is 5.71. The Hall–Kier alpha value is -0.160. The fraction of sp³-hybridized carbons (Fsp3) is 1.00. The number of nitrogens with zero attached hydrogens (tertiary/aromatic N) is 1. The van der Waals surface area contributed by atoms with Gasteiger partial charge in [-0.2, -0.15) is 0 Å². The highest BCUT2D eigenvalue weighted by atomic mass is 16.5. The van der Waals surface area contributed by atoms with Crippen LogP contribution in [0.5, 0.6) is 0 Å². The van der Waals surface area contributed by atoms with Crippen LogP contribution in [0.4, 0.5) is 0 Å². The highest BCUT2D eigenvalue weighted by molar-refractivity contribution is 4.76. The van der Waals surface area contributed by atoms with Crippen molar-refractivity contribution < 1.29 is 14.6 Å². The third-order valence-corrected chi connectivity index (χ3v) is 2.99. The topological polar surface area (TPSA) is 41.9 Å². The summed E-state index contributed by atoms with van der Waals surface area (Å²) in [6.45, 7) is 6.92. The third kappa shape index (κ3) is 4.93. The Kier molecular flexibility index (Phi) is 6.17. The Morgan fingerprint density at radius 2 is 2.13 bits per heavy atom. The number of aliphatic hydroxyl groups is 1. The molecule has 2 atom stereocenters. The van der Waals surface area contributed by atoms with Crippen LogP contribution in [0.2, 0.25) is 0 Å². The summed E-state index contributed by atoms with van der Waals surface area (Å²) in [5.74, 6) is 0.440. The van der Waals surface area contributed by atoms with E-state index in [4.69, 9.17) is 9.47 Å². The summed E-state index contributed by atoms with van der Waals surface area (Å²) in [6, 6.07) is 0. The molecule has 0 bridgehead atoms. The van der Waals surface area contributed by atoms with Gasteiger partial charge >= 0.3 is 0 Å². The summed E-state index contributed by atoms with van der Waals surface area (Å²) in [6.07, 6.45) is 0.914. The van der Waals surface area contributed by atoms with Gasteiger partial charge in [0, 0.05) is 20.2 Å². The van der Waals surface area contributed by atoms with E-state index in [9.17, 15) is 5.11 Å². The molecule has 1 heterocycles. The summed E-state index contributed by atoms with van der Waals surface area (Å²) in [7, 11) is 1.67. The minimum absolute atomic E-state index is 0.169. The van der Waals surface area contributed by atoms with Crippen LogP contribution in [0.15, 0.2) is 0 Å². The first-order chi connectivity index (χ1) is 7.24. The molecule has 2 unspecified atom stereocenters. The number of methoxy groups -OCH3 is 1. The van der Waals surface area contributed by atoms with Gasteiger partial charge in [-0.05, 0) is 18.9 Å². The lowest BCUT2D eigenvalue weighted by molar-refractivity contribution is 0.00806. The van der Waals surface area contributed by atoms with Gasteiger partial charge in [0.15, 0.2) is 0 Å². The predicted molar refractivity (Wildman–Crippen MR) is 58.9 cm³/mol. The molecule has 4 nitrogen and oxygen atoms in total. The summed E-state index contributed by atoms with van der Waals surface area (Å²) < 4.78 is 10.3. The summed E-state index contributed by atoms with van der Waals surface area (Å²) in [4.78, 5) is 2.26. The molecular weight excluding hydrogens is 194 g/mol. The molecule has 0 aliphatic carbocycles. The smallest absolute Gasteiger partial charge is 0.0700 e. The van der Waals surface area contributed by atoms with Gasteiger partial charge < -0.3 is 14.6 Å². The fourth-order valence-corrected chi connectivity index (χ4v) is 1.76. The van der Waals surface area contributed by atoms with E-state index in [-0.39, 0.29) is 6.10 Å². The molecule has 1 fully saturated rings. The van der Waals surface area contributed by atoms with Crippen molar-refractivity contribution in [3.05, 3.63) is 0 Å². The average molecular weight is 217 g/mol. The van der Waals surface area contributed by atoms with Gasteiger partial charge in [0.2, 0.25) is 0 Å². The summed E-state index contributed by atoms with van der Waals surface area (Å²) >= 11 is 0. The van der Waals surface area contributed by atoms with Gasteiger partial charge in [-0.3, -0.25) is 4.90 Å². The van der Waals surface area contributed by atoms with E-state index in [1.54, 1.807) is 7.11 Å². The second-order valence-electron chi connectivity index (χ2n) is 4.24. The largest absolute Gasteiger partial charge is 0.392 e. The normalized spacial score (nSPS) is 28.2. The molecule has 0 amide bonds. The van der Waals surface area contributed by atoms with E-state index in [0.717, 1.165) is 32.7 Å². The van der Waals surface area contributed by atoms with E-state index >= 15 is 0 Å². The molecule has 1 saturated heterocycles. The van der Waals surface area contributed by atoms with Gasteiger partial charge in [0.25, 0.3) is 0 Å². The molecule has 0 aromatic heterocycles. The van der Waals surface area contributed by atoms with Gasteiger partial charge in [-0.1, -0.05) is 6.92 Å². The van der Waals surface area contributed by atoms with Crippen molar-refractivity contribution in [3.8, 4) is 0 Å². The molecule has 1 aliphatic heterocycles. The lowest BCUT2D eigenvalue weighted by Crippen LogP contribution is -2.44. The van der Waals surface area contributed by atoms with Crippen LogP contribution in [0.3, 0.4) is 0 Å². The van der Waals surface area contributed by atoms with Gasteiger partial charge in [-0.25, -0.2) is 0 Å². The number of hydrogen-bond donors (Lipinski definition) is 1. The molecule has 15 heavy (non-hydrogen) atoms. The fourth-order valence-electron chi connectivity index (χ4n) is 1.76. The monoisotopic (exact) mass is 217 g/mol. The number of aliphatic hydroxyl groups excluding tert-OH is 1. The second-order valence-corrected chi connectivity index (χ2v) is 4.24. The van der Waals surface area contributed by atoms with Crippen LogP contribution in [0.1, 0.15) is 13.3 Å². The first-order valence-corrected chi connectivity index (χ1v) is 5.71. The molecule has 1 aliphatic rings. The number of ether oxygens (including phenoxy) is 2. The Morgan fingerprint density at radius 1 is 1.33 bits per heavy atom. The number of hydrogen-bond acceptors (Lipinski definition) is 4. The van der Waals surface area contributed by atoms with Crippen molar-refractivity contribution in [1.29, 1.82) is 0 Å². The Labute approximate surface area is 92.2 Å². The van der Waals surface area contributed by atoms with Crippen molar-refractivity contribution in [3.63, 3.8) is 0 Å². The zero-order chi connectivity index (χ0) is 11.1. The van der Waals surface area contributed by atoms with Crippen molar-refractivity contribution in [2.45, 2.75) is 19.4 Å². The maximum Gasteiger partial charge on any atom is 0.0700 e. The van der Waals surface area contributed by atoms with Crippen LogP contribution in [0.25, 0.3) is 0 Å². The quantitative estimate of drug-likeness (QED) is 0.652. The van der Waals surface area contributed by atoms with E-state index in [2.05, 4.69) is 11.8 Å². The molecule has 0 spiro atoms. The molecule has 0 radical (unpaired) electrons. The Morgan fingerprint density at radius 3 is 2.80 bits per heavy atom. The molecule has 1 N–H and O–H groups in total. The minimum atomic E-state index is -0.169. The van der Waals surface area contributed by atoms with Crippen molar-refractivity contribution in [2.24, 2.45) is 5.92 Å². The maximum atomic E-state index is 9.69. The van der Waals surface area contributed by atoms with Crippen molar-refractivity contribution >= 4 is 0 Å². The highest BCUT2D eigenvalue weighted by Crippen LogP contribution is 2.16. The number of likely N-dealkylation sites (tertiary alicyclic amines) is 1. The van der Waals surface area contributed by atoms with Crippen LogP contribution >= 0.6 is 0 Å². The van der Waals surface area contributed by atoms with Gasteiger partial charge in [0.05, 0.1) is 25.9 Å². The van der Waals surface area contributed by atoms with Crippen LogP contribution in [-0.2, 0) is 9.47 Å². The summed E-state index contributed by atoms with van der Waals surface area (Å²) in [5, 5.41) is 9.69. The molecule has 0 aromatic rings. The van der Waals surface area contributed by atoms with E-state index in [0.29, 0.717) is 19.1 Å². The van der Waals surface area contributed by atoms with Crippen LogP contribution < -0.4 is 0 Å². The first kappa shape index (κ1) is 12.9. The van der Waals surface area contributed by atoms with E-state index in [1.165, 1.54) is 0 Å². The molecule has 0 aromatic carbocycles.